The molecule has 0 fully saturated rings. The summed E-state index contributed by atoms with van der Waals surface area (Å²) in [6, 6.07) is 2.83. The highest BCUT2D eigenvalue weighted by Gasteiger charge is 2.05. The van der Waals surface area contributed by atoms with Gasteiger partial charge < -0.3 is 10.8 Å². The van der Waals surface area contributed by atoms with Gasteiger partial charge in [-0.1, -0.05) is 15.9 Å². The Hall–Kier alpha value is -1.10. The number of hydrogen-bond acceptors (Lipinski definition) is 4. The number of halogens is 1. The Morgan fingerprint density at radius 3 is 2.73 bits per heavy atom. The first-order valence-electron chi connectivity index (χ1n) is 2.76. The maximum Gasteiger partial charge on any atom is 0.141 e. The molecule has 0 amide bonds. The highest BCUT2D eigenvalue weighted by molar-refractivity contribution is 9.10. The van der Waals surface area contributed by atoms with Crippen LogP contribution in [0.4, 0.5) is 11.4 Å². The molecule has 0 bridgehead atoms. The molecule has 5 heteroatoms. The van der Waals surface area contributed by atoms with E-state index in [9.17, 15) is 4.91 Å². The van der Waals surface area contributed by atoms with Crippen molar-refractivity contribution in [2.75, 3.05) is 5.73 Å². The molecule has 0 aliphatic carbocycles. The topological polar surface area (TPSA) is 75.7 Å². The van der Waals surface area contributed by atoms with Crippen molar-refractivity contribution in [2.45, 2.75) is 0 Å². The van der Waals surface area contributed by atoms with Gasteiger partial charge in [0.05, 0.1) is 0 Å². The molecule has 0 spiro atoms. The van der Waals surface area contributed by atoms with Gasteiger partial charge >= 0.3 is 0 Å². The predicted octanol–water partition coefficient (Wildman–Crippen LogP) is 2.13. The molecule has 1 rings (SSSR count). The number of nitrogens with zero attached hydrogens (tertiary/aromatic N) is 1. The summed E-state index contributed by atoms with van der Waals surface area (Å²) in [5, 5.41) is 11.7. The molecule has 0 aliphatic rings. The summed E-state index contributed by atoms with van der Waals surface area (Å²) in [5.74, 6) is -0.144. The SMILES string of the molecule is Nc1c(O)cc(Br)cc1N=O. The molecule has 0 saturated heterocycles. The molecule has 58 valence electrons. The molecule has 0 heterocycles. The average Bonchev–Trinajstić information content (AvgIpc) is 1.96. The zero-order valence-electron chi connectivity index (χ0n) is 5.41. The third-order valence-corrected chi connectivity index (χ3v) is 1.66. The Labute approximate surface area is 71.1 Å². The summed E-state index contributed by atoms with van der Waals surface area (Å²) in [7, 11) is 0. The van der Waals surface area contributed by atoms with E-state index in [4.69, 9.17) is 10.8 Å². The van der Waals surface area contributed by atoms with Crippen LogP contribution in [-0.4, -0.2) is 5.11 Å². The van der Waals surface area contributed by atoms with E-state index in [0.29, 0.717) is 4.47 Å². The molecule has 0 unspecified atom stereocenters. The molecular formula is C6H5BrN2O2. The first-order chi connectivity index (χ1) is 5.15. The molecule has 0 atom stereocenters. The number of hydrogen-bond donors (Lipinski definition) is 2. The number of nitroso groups, excluding NO2 is 1. The van der Waals surface area contributed by atoms with E-state index in [2.05, 4.69) is 21.1 Å². The molecule has 11 heavy (non-hydrogen) atoms. The van der Waals surface area contributed by atoms with Crippen LogP contribution in [0.1, 0.15) is 0 Å². The van der Waals surface area contributed by atoms with Gasteiger partial charge in [-0.05, 0) is 17.3 Å². The Morgan fingerprint density at radius 1 is 1.55 bits per heavy atom. The number of phenolic OH excluding ortho intramolecular Hbond substituents is 1. The molecular weight excluding hydrogens is 212 g/mol. The number of benzene rings is 1. The number of nitrogens with two attached hydrogens (primary N) is 1. The normalized spacial score (nSPS) is 9.55. The lowest BCUT2D eigenvalue weighted by Crippen LogP contribution is -1.85. The number of rotatable bonds is 1. The Bertz CT molecular complexity index is 301. The summed E-state index contributed by atoms with van der Waals surface area (Å²) in [5.41, 5.74) is 5.34. The second-order valence-electron chi connectivity index (χ2n) is 1.95. The lowest BCUT2D eigenvalue weighted by atomic mass is 10.2. The number of anilines is 1. The van der Waals surface area contributed by atoms with E-state index in [1.54, 1.807) is 0 Å². The van der Waals surface area contributed by atoms with E-state index < -0.39 is 0 Å². The standard InChI is InChI=1S/C6H5BrN2O2/c7-3-1-4(9-11)6(8)5(10)2-3/h1-2,10H,8H2. The van der Waals surface area contributed by atoms with Crippen LogP contribution in [0.2, 0.25) is 0 Å². The van der Waals surface area contributed by atoms with E-state index in [1.807, 2.05) is 0 Å². The number of phenols is 1. The number of nitrogen functional groups attached to an aromatic ring is 1. The third-order valence-electron chi connectivity index (χ3n) is 1.20. The van der Waals surface area contributed by atoms with Crippen LogP contribution in [-0.2, 0) is 0 Å². The van der Waals surface area contributed by atoms with E-state index in [1.165, 1.54) is 12.1 Å². The fourth-order valence-electron chi connectivity index (χ4n) is 0.665. The first kappa shape index (κ1) is 8.00. The lowest BCUT2D eigenvalue weighted by molar-refractivity contribution is 0.478. The average molecular weight is 217 g/mol. The lowest BCUT2D eigenvalue weighted by Gasteiger charge is -2.00. The van der Waals surface area contributed by atoms with Crippen molar-refractivity contribution in [3.05, 3.63) is 21.5 Å². The molecule has 0 radical (unpaired) electrons. The smallest absolute Gasteiger partial charge is 0.141 e. The maximum absolute atomic E-state index is 10.1. The highest BCUT2D eigenvalue weighted by atomic mass is 79.9. The molecule has 4 nitrogen and oxygen atoms in total. The van der Waals surface area contributed by atoms with E-state index in [-0.39, 0.29) is 17.1 Å². The molecule has 1 aromatic rings. The van der Waals surface area contributed by atoms with Crippen LogP contribution in [0.15, 0.2) is 21.8 Å². The monoisotopic (exact) mass is 216 g/mol. The predicted molar refractivity (Wildman–Crippen MR) is 45.7 cm³/mol. The van der Waals surface area contributed by atoms with Crippen LogP contribution in [0.5, 0.6) is 5.75 Å². The first-order valence-corrected chi connectivity index (χ1v) is 3.56. The van der Waals surface area contributed by atoms with Gasteiger partial charge in [-0.15, -0.1) is 4.91 Å². The summed E-state index contributed by atoms with van der Waals surface area (Å²) >= 11 is 3.07. The van der Waals surface area contributed by atoms with Gasteiger partial charge in [0.25, 0.3) is 0 Å². The highest BCUT2D eigenvalue weighted by Crippen LogP contribution is 2.34. The van der Waals surface area contributed by atoms with Crippen molar-refractivity contribution < 1.29 is 5.11 Å². The van der Waals surface area contributed by atoms with Gasteiger partial charge in [0.15, 0.2) is 0 Å². The molecule has 0 saturated carbocycles. The van der Waals surface area contributed by atoms with Crippen molar-refractivity contribution >= 4 is 27.3 Å². The van der Waals surface area contributed by atoms with E-state index >= 15 is 0 Å². The van der Waals surface area contributed by atoms with Crippen molar-refractivity contribution in [1.29, 1.82) is 0 Å². The summed E-state index contributed by atoms with van der Waals surface area (Å²) in [6.07, 6.45) is 0. The van der Waals surface area contributed by atoms with Crippen LogP contribution in [0.25, 0.3) is 0 Å². The Kier molecular flexibility index (Phi) is 2.09. The van der Waals surface area contributed by atoms with Crippen molar-refractivity contribution in [3.8, 4) is 5.75 Å². The second-order valence-corrected chi connectivity index (χ2v) is 2.86. The van der Waals surface area contributed by atoms with Gasteiger partial charge in [0, 0.05) is 4.47 Å². The van der Waals surface area contributed by atoms with Crippen molar-refractivity contribution in [1.82, 2.24) is 0 Å². The zero-order chi connectivity index (χ0) is 8.43. The largest absolute Gasteiger partial charge is 0.506 e. The quantitative estimate of drug-likeness (QED) is 0.429. The minimum atomic E-state index is -0.144. The van der Waals surface area contributed by atoms with Crippen LogP contribution < -0.4 is 5.73 Å². The third kappa shape index (κ3) is 1.48. The van der Waals surface area contributed by atoms with Crippen LogP contribution in [0.3, 0.4) is 0 Å². The van der Waals surface area contributed by atoms with Gasteiger partial charge in [0.1, 0.15) is 17.1 Å². The Morgan fingerprint density at radius 2 is 2.18 bits per heavy atom. The molecule has 0 aromatic heterocycles. The maximum atomic E-state index is 10.1. The zero-order valence-corrected chi connectivity index (χ0v) is 7.00. The van der Waals surface area contributed by atoms with Crippen LogP contribution in [0, 0.1) is 4.91 Å². The molecule has 1 aromatic carbocycles. The van der Waals surface area contributed by atoms with Gasteiger partial charge in [-0.3, -0.25) is 0 Å². The minimum absolute atomic E-state index is 0.00296. The van der Waals surface area contributed by atoms with Gasteiger partial charge in [-0.2, -0.15) is 0 Å². The summed E-state index contributed by atoms with van der Waals surface area (Å²) < 4.78 is 0.568. The molecule has 0 aliphatic heterocycles. The van der Waals surface area contributed by atoms with Crippen LogP contribution >= 0.6 is 15.9 Å². The van der Waals surface area contributed by atoms with Gasteiger partial charge in [0.2, 0.25) is 0 Å². The Balaban J connectivity index is 3.35. The molecule has 3 N–H and O–H groups in total. The second kappa shape index (κ2) is 2.87. The number of aromatic hydroxyl groups is 1. The van der Waals surface area contributed by atoms with Crippen molar-refractivity contribution in [3.63, 3.8) is 0 Å². The van der Waals surface area contributed by atoms with Gasteiger partial charge in [-0.25, -0.2) is 0 Å². The fourth-order valence-corrected chi connectivity index (χ4v) is 1.10. The van der Waals surface area contributed by atoms with Crippen molar-refractivity contribution in [2.24, 2.45) is 5.18 Å². The van der Waals surface area contributed by atoms with E-state index in [0.717, 1.165) is 0 Å². The summed E-state index contributed by atoms with van der Waals surface area (Å²) in [6.45, 7) is 0. The fraction of sp³-hybridized carbons (Fsp3) is 0. The minimum Gasteiger partial charge on any atom is -0.506 e. The summed E-state index contributed by atoms with van der Waals surface area (Å²) in [4.78, 5) is 10.1.